The third kappa shape index (κ3) is 3.28. The average molecular weight is 307 g/mol. The van der Waals surface area contributed by atoms with E-state index >= 15 is 0 Å². The molecule has 1 amide bonds. The van der Waals surface area contributed by atoms with E-state index in [4.69, 9.17) is 0 Å². The minimum Gasteiger partial charge on any atom is -0.396 e. The highest BCUT2D eigenvalue weighted by Crippen LogP contribution is 2.35. The van der Waals surface area contributed by atoms with Crippen LogP contribution in [0.1, 0.15) is 49.3 Å². The Hall–Kier alpha value is -1.53. The van der Waals surface area contributed by atoms with Gasteiger partial charge in [-0.15, -0.1) is 0 Å². The van der Waals surface area contributed by atoms with Crippen LogP contribution < -0.4 is 0 Å². The van der Waals surface area contributed by atoms with Crippen molar-refractivity contribution in [2.45, 2.75) is 45.6 Å². The van der Waals surface area contributed by atoms with Crippen molar-refractivity contribution in [1.82, 2.24) is 14.9 Å². The van der Waals surface area contributed by atoms with Crippen molar-refractivity contribution in [3.8, 4) is 0 Å². The Bertz CT molecular complexity index is 506. The standard InChI is InChI=1S/C16H25N3O3/c1-3-6-16(11-20)10-19(7-5-13(16)21)15(22)12-8-17-14(4-2)18-9-12/h8-9,13,20-21H,3-7,10-11H2,1-2H3/t13-,16-/m0/s1. The molecule has 1 fully saturated rings. The van der Waals surface area contributed by atoms with Gasteiger partial charge in [-0.05, 0) is 12.8 Å². The maximum atomic E-state index is 12.6. The molecule has 2 rings (SSSR count). The van der Waals surface area contributed by atoms with Crippen molar-refractivity contribution in [3.05, 3.63) is 23.8 Å². The molecule has 122 valence electrons. The van der Waals surface area contributed by atoms with E-state index in [1.54, 1.807) is 17.3 Å². The van der Waals surface area contributed by atoms with Crippen LogP contribution in [0, 0.1) is 5.41 Å². The Balaban J connectivity index is 2.15. The van der Waals surface area contributed by atoms with Crippen LogP contribution in [0.15, 0.2) is 12.4 Å². The van der Waals surface area contributed by atoms with Gasteiger partial charge in [0.25, 0.3) is 5.91 Å². The minimum atomic E-state index is -0.618. The Morgan fingerprint density at radius 2 is 2.09 bits per heavy atom. The van der Waals surface area contributed by atoms with Crippen molar-refractivity contribution in [3.63, 3.8) is 0 Å². The normalized spacial score (nSPS) is 25.3. The van der Waals surface area contributed by atoms with Gasteiger partial charge >= 0.3 is 0 Å². The molecule has 2 heterocycles. The lowest BCUT2D eigenvalue weighted by Gasteiger charge is -2.45. The molecule has 0 aromatic carbocycles. The zero-order valence-corrected chi connectivity index (χ0v) is 13.3. The number of amides is 1. The number of piperidine rings is 1. The Labute approximate surface area is 131 Å². The topological polar surface area (TPSA) is 86.5 Å². The molecule has 1 aliphatic rings. The third-order valence-electron chi connectivity index (χ3n) is 4.50. The monoisotopic (exact) mass is 307 g/mol. The van der Waals surface area contributed by atoms with Gasteiger partial charge in [0.1, 0.15) is 5.82 Å². The Morgan fingerprint density at radius 3 is 2.64 bits per heavy atom. The first-order chi connectivity index (χ1) is 10.6. The van der Waals surface area contributed by atoms with Gasteiger partial charge in [0, 0.05) is 37.3 Å². The number of aromatic nitrogens is 2. The maximum absolute atomic E-state index is 12.6. The molecule has 0 saturated carbocycles. The summed E-state index contributed by atoms with van der Waals surface area (Å²) in [6.45, 7) is 4.72. The van der Waals surface area contributed by atoms with E-state index in [0.29, 0.717) is 37.3 Å². The fourth-order valence-corrected chi connectivity index (χ4v) is 3.13. The number of carbonyl (C=O) groups is 1. The molecule has 6 heteroatoms. The van der Waals surface area contributed by atoms with Crippen LogP contribution in [-0.2, 0) is 6.42 Å². The maximum Gasteiger partial charge on any atom is 0.257 e. The van der Waals surface area contributed by atoms with Crippen molar-refractivity contribution in [2.75, 3.05) is 19.7 Å². The van der Waals surface area contributed by atoms with Crippen LogP contribution in [0.2, 0.25) is 0 Å². The lowest BCUT2D eigenvalue weighted by molar-refractivity contribution is -0.0720. The van der Waals surface area contributed by atoms with Crippen molar-refractivity contribution >= 4 is 5.91 Å². The number of aliphatic hydroxyl groups excluding tert-OH is 2. The first kappa shape index (κ1) is 16.8. The lowest BCUT2D eigenvalue weighted by Crippen LogP contribution is -2.55. The second-order valence-electron chi connectivity index (χ2n) is 6.04. The molecule has 6 nitrogen and oxygen atoms in total. The molecule has 0 aliphatic carbocycles. The van der Waals surface area contributed by atoms with E-state index in [0.717, 1.165) is 12.8 Å². The van der Waals surface area contributed by atoms with E-state index in [9.17, 15) is 15.0 Å². The molecule has 1 aliphatic heterocycles. The summed E-state index contributed by atoms with van der Waals surface area (Å²) in [5, 5.41) is 20.0. The van der Waals surface area contributed by atoms with E-state index < -0.39 is 11.5 Å². The fourth-order valence-electron chi connectivity index (χ4n) is 3.13. The summed E-state index contributed by atoms with van der Waals surface area (Å²) in [5.41, 5.74) is -0.163. The number of carbonyl (C=O) groups excluding carboxylic acids is 1. The highest BCUT2D eigenvalue weighted by atomic mass is 16.3. The third-order valence-corrected chi connectivity index (χ3v) is 4.50. The summed E-state index contributed by atoms with van der Waals surface area (Å²) < 4.78 is 0. The second kappa shape index (κ2) is 7.15. The number of rotatable bonds is 5. The van der Waals surface area contributed by atoms with E-state index in [1.165, 1.54) is 0 Å². The number of hydrogen-bond donors (Lipinski definition) is 2. The number of aryl methyl sites for hydroxylation is 1. The van der Waals surface area contributed by atoms with Gasteiger partial charge in [-0.25, -0.2) is 9.97 Å². The van der Waals surface area contributed by atoms with Gasteiger partial charge < -0.3 is 15.1 Å². The molecular weight excluding hydrogens is 282 g/mol. The average Bonchev–Trinajstić information content (AvgIpc) is 2.56. The number of likely N-dealkylation sites (tertiary alicyclic amines) is 1. The van der Waals surface area contributed by atoms with E-state index in [1.807, 2.05) is 13.8 Å². The van der Waals surface area contributed by atoms with Crippen LogP contribution in [0.3, 0.4) is 0 Å². The molecule has 1 aromatic heterocycles. The molecule has 1 aromatic rings. The SMILES string of the molecule is CCC[C@@]1(CO)CN(C(=O)c2cnc(CC)nc2)CC[C@@H]1O. The highest BCUT2D eigenvalue weighted by Gasteiger charge is 2.43. The summed E-state index contributed by atoms with van der Waals surface area (Å²) >= 11 is 0. The molecule has 0 spiro atoms. The van der Waals surface area contributed by atoms with E-state index in [-0.39, 0.29) is 12.5 Å². The summed E-state index contributed by atoms with van der Waals surface area (Å²) in [4.78, 5) is 22.6. The smallest absolute Gasteiger partial charge is 0.257 e. The van der Waals surface area contributed by atoms with Gasteiger partial charge in [-0.1, -0.05) is 20.3 Å². The quantitative estimate of drug-likeness (QED) is 0.848. The summed E-state index contributed by atoms with van der Waals surface area (Å²) in [5.74, 6) is 0.574. The van der Waals surface area contributed by atoms with Gasteiger partial charge in [0.05, 0.1) is 18.3 Å². The van der Waals surface area contributed by atoms with Gasteiger partial charge in [-0.3, -0.25) is 4.79 Å². The van der Waals surface area contributed by atoms with Crippen LogP contribution in [0.25, 0.3) is 0 Å². The zero-order valence-electron chi connectivity index (χ0n) is 13.3. The van der Waals surface area contributed by atoms with Gasteiger partial charge in [0.2, 0.25) is 0 Å². The number of aliphatic hydroxyl groups is 2. The van der Waals surface area contributed by atoms with Crippen molar-refractivity contribution < 1.29 is 15.0 Å². The van der Waals surface area contributed by atoms with Crippen LogP contribution in [0.5, 0.6) is 0 Å². The van der Waals surface area contributed by atoms with Crippen molar-refractivity contribution in [2.24, 2.45) is 5.41 Å². The molecule has 0 unspecified atom stereocenters. The Kier molecular flexibility index (Phi) is 5.47. The molecular formula is C16H25N3O3. The molecule has 1 saturated heterocycles. The zero-order chi connectivity index (χ0) is 16.2. The van der Waals surface area contributed by atoms with Crippen LogP contribution >= 0.6 is 0 Å². The predicted molar refractivity (Wildman–Crippen MR) is 82.4 cm³/mol. The van der Waals surface area contributed by atoms with Crippen LogP contribution in [0.4, 0.5) is 0 Å². The molecule has 2 atom stereocenters. The number of nitrogens with zero attached hydrogens (tertiary/aromatic N) is 3. The van der Waals surface area contributed by atoms with Crippen molar-refractivity contribution in [1.29, 1.82) is 0 Å². The minimum absolute atomic E-state index is 0.114. The highest BCUT2D eigenvalue weighted by molar-refractivity contribution is 5.93. The first-order valence-corrected chi connectivity index (χ1v) is 7.95. The first-order valence-electron chi connectivity index (χ1n) is 7.95. The summed E-state index contributed by atoms with van der Waals surface area (Å²) in [7, 11) is 0. The predicted octanol–water partition coefficient (Wildman–Crippen LogP) is 1.02. The lowest BCUT2D eigenvalue weighted by atomic mass is 9.74. The van der Waals surface area contributed by atoms with Crippen LogP contribution in [-0.4, -0.2) is 56.8 Å². The second-order valence-corrected chi connectivity index (χ2v) is 6.04. The largest absolute Gasteiger partial charge is 0.396 e. The Morgan fingerprint density at radius 1 is 1.41 bits per heavy atom. The van der Waals surface area contributed by atoms with E-state index in [2.05, 4.69) is 9.97 Å². The summed E-state index contributed by atoms with van der Waals surface area (Å²) in [6.07, 6.45) is 5.31. The molecule has 2 N–H and O–H groups in total. The fraction of sp³-hybridized carbons (Fsp3) is 0.688. The molecule has 0 radical (unpaired) electrons. The number of hydrogen-bond acceptors (Lipinski definition) is 5. The van der Waals surface area contributed by atoms with Gasteiger partial charge in [0.15, 0.2) is 0 Å². The molecule has 0 bridgehead atoms. The molecule has 22 heavy (non-hydrogen) atoms. The van der Waals surface area contributed by atoms with Gasteiger partial charge in [-0.2, -0.15) is 0 Å². The summed E-state index contributed by atoms with van der Waals surface area (Å²) in [6, 6.07) is 0.